The van der Waals surface area contributed by atoms with Crippen LogP contribution in [0, 0.1) is 0 Å². The molecule has 6 nitrogen and oxygen atoms in total. The van der Waals surface area contributed by atoms with Crippen LogP contribution >= 0.6 is 0 Å². The normalized spacial score (nSPS) is 28.7. The number of carbonyl (C=O) groups excluding carboxylic acids is 2. The summed E-state index contributed by atoms with van der Waals surface area (Å²) in [4.78, 5) is 26.9. The fraction of sp³-hybridized carbons (Fsp3) is 0.857. The quantitative estimate of drug-likeness (QED) is 0.730. The van der Waals surface area contributed by atoms with Crippen molar-refractivity contribution in [3.63, 3.8) is 0 Å². The standard InChI is InChI=1S/C14H24N2O4/c1-11(17)15(4)7-12(18)16-8-13(2,3)20-14(9-16)5-6-19-10-14/h5-10H2,1-4H3. The van der Waals surface area contributed by atoms with Crippen molar-refractivity contribution in [3.05, 3.63) is 0 Å². The monoisotopic (exact) mass is 284 g/mol. The molecule has 0 N–H and O–H groups in total. The van der Waals surface area contributed by atoms with Gasteiger partial charge in [-0.25, -0.2) is 0 Å². The van der Waals surface area contributed by atoms with E-state index in [-0.39, 0.29) is 24.0 Å². The topological polar surface area (TPSA) is 59.1 Å². The highest BCUT2D eigenvalue weighted by molar-refractivity contribution is 5.83. The zero-order chi connectivity index (χ0) is 15.0. The van der Waals surface area contributed by atoms with Crippen LogP contribution in [0.2, 0.25) is 0 Å². The van der Waals surface area contributed by atoms with Crippen LogP contribution in [0.15, 0.2) is 0 Å². The van der Waals surface area contributed by atoms with Gasteiger partial charge in [-0.1, -0.05) is 0 Å². The van der Waals surface area contributed by atoms with Crippen molar-refractivity contribution in [2.75, 3.05) is 39.9 Å². The second-order valence-electron chi connectivity index (χ2n) is 6.47. The molecule has 0 aromatic rings. The van der Waals surface area contributed by atoms with E-state index in [0.29, 0.717) is 26.3 Å². The van der Waals surface area contributed by atoms with Crippen molar-refractivity contribution in [3.8, 4) is 0 Å². The van der Waals surface area contributed by atoms with Crippen molar-refractivity contribution < 1.29 is 19.1 Å². The molecule has 0 aliphatic carbocycles. The Morgan fingerprint density at radius 2 is 2.00 bits per heavy atom. The number of ether oxygens (including phenoxy) is 2. The lowest BCUT2D eigenvalue weighted by atomic mass is 9.95. The summed E-state index contributed by atoms with van der Waals surface area (Å²) in [6.45, 7) is 7.84. The molecule has 6 heteroatoms. The Morgan fingerprint density at radius 1 is 1.30 bits per heavy atom. The van der Waals surface area contributed by atoms with Gasteiger partial charge >= 0.3 is 0 Å². The van der Waals surface area contributed by atoms with Crippen molar-refractivity contribution in [1.82, 2.24) is 9.80 Å². The van der Waals surface area contributed by atoms with Gasteiger partial charge < -0.3 is 19.3 Å². The molecule has 2 aliphatic heterocycles. The number of hydrogen-bond acceptors (Lipinski definition) is 4. The maximum absolute atomic E-state index is 12.4. The molecule has 2 heterocycles. The van der Waals surface area contributed by atoms with Gasteiger partial charge in [-0.2, -0.15) is 0 Å². The molecule has 2 saturated heterocycles. The predicted molar refractivity (Wildman–Crippen MR) is 73.2 cm³/mol. The highest BCUT2D eigenvalue weighted by Crippen LogP contribution is 2.34. The molecule has 1 atom stereocenters. The van der Waals surface area contributed by atoms with Crippen molar-refractivity contribution in [1.29, 1.82) is 0 Å². The minimum atomic E-state index is -0.392. The molecule has 0 bridgehead atoms. The first-order valence-corrected chi connectivity index (χ1v) is 7.00. The maximum Gasteiger partial charge on any atom is 0.242 e. The van der Waals surface area contributed by atoms with Crippen LogP contribution in [0.1, 0.15) is 27.2 Å². The van der Waals surface area contributed by atoms with Crippen LogP contribution in [-0.4, -0.2) is 72.7 Å². The van der Waals surface area contributed by atoms with Crippen molar-refractivity contribution >= 4 is 11.8 Å². The molecule has 0 radical (unpaired) electrons. The molecule has 20 heavy (non-hydrogen) atoms. The first-order chi connectivity index (χ1) is 9.23. The molecule has 114 valence electrons. The Morgan fingerprint density at radius 3 is 2.55 bits per heavy atom. The van der Waals surface area contributed by atoms with Crippen LogP contribution in [0.3, 0.4) is 0 Å². The lowest BCUT2D eigenvalue weighted by molar-refractivity contribution is -0.199. The van der Waals surface area contributed by atoms with Crippen molar-refractivity contribution in [2.24, 2.45) is 0 Å². The van der Waals surface area contributed by atoms with E-state index in [2.05, 4.69) is 0 Å². The Kier molecular flexibility index (Phi) is 4.07. The molecule has 1 spiro atoms. The summed E-state index contributed by atoms with van der Waals surface area (Å²) >= 11 is 0. The molecule has 2 rings (SSSR count). The molecule has 2 amide bonds. The van der Waals surface area contributed by atoms with Gasteiger partial charge in [0, 0.05) is 33.5 Å². The minimum absolute atomic E-state index is 0.0367. The van der Waals surface area contributed by atoms with Gasteiger partial charge in [-0.05, 0) is 13.8 Å². The molecule has 0 aromatic heterocycles. The SMILES string of the molecule is CC(=O)N(C)CC(=O)N1CC(C)(C)OC2(CCOC2)C1. The number of likely N-dealkylation sites (N-methyl/N-ethyl adjacent to an activating group) is 1. The van der Waals surface area contributed by atoms with Crippen molar-refractivity contribution in [2.45, 2.75) is 38.4 Å². The van der Waals surface area contributed by atoms with Crippen LogP contribution in [0.5, 0.6) is 0 Å². The third-order valence-corrected chi connectivity index (χ3v) is 3.87. The number of hydrogen-bond donors (Lipinski definition) is 0. The summed E-state index contributed by atoms with van der Waals surface area (Å²) in [7, 11) is 1.64. The zero-order valence-electron chi connectivity index (χ0n) is 12.8. The summed E-state index contributed by atoms with van der Waals surface area (Å²) in [5.41, 5.74) is -0.775. The van der Waals surface area contributed by atoms with Crippen LogP contribution < -0.4 is 0 Å². The summed E-state index contributed by atoms with van der Waals surface area (Å²) in [5, 5.41) is 0. The third-order valence-electron chi connectivity index (χ3n) is 3.87. The molecule has 2 fully saturated rings. The number of rotatable bonds is 2. The van der Waals surface area contributed by atoms with Gasteiger partial charge in [0.25, 0.3) is 0 Å². The Labute approximate surface area is 120 Å². The molecular formula is C14H24N2O4. The zero-order valence-corrected chi connectivity index (χ0v) is 12.8. The molecule has 0 aromatic carbocycles. The lowest BCUT2D eigenvalue weighted by Crippen LogP contribution is -2.62. The highest BCUT2D eigenvalue weighted by atomic mass is 16.6. The molecule has 1 unspecified atom stereocenters. The second-order valence-corrected chi connectivity index (χ2v) is 6.47. The fourth-order valence-corrected chi connectivity index (χ4v) is 2.90. The number of nitrogens with zero attached hydrogens (tertiary/aromatic N) is 2. The second kappa shape index (κ2) is 5.33. The highest BCUT2D eigenvalue weighted by Gasteiger charge is 2.47. The number of morpholine rings is 1. The van der Waals surface area contributed by atoms with Crippen LogP contribution in [0.4, 0.5) is 0 Å². The average Bonchev–Trinajstić information content (AvgIpc) is 2.74. The Bertz CT molecular complexity index is 402. The van der Waals surface area contributed by atoms with Gasteiger partial charge in [0.2, 0.25) is 11.8 Å². The largest absolute Gasteiger partial charge is 0.378 e. The van der Waals surface area contributed by atoms with E-state index in [4.69, 9.17) is 9.47 Å². The summed E-state index contributed by atoms with van der Waals surface area (Å²) in [6, 6.07) is 0. The van der Waals surface area contributed by atoms with Crippen LogP contribution in [0.25, 0.3) is 0 Å². The van der Waals surface area contributed by atoms with E-state index in [0.717, 1.165) is 6.42 Å². The Hall–Kier alpha value is -1.14. The van der Waals surface area contributed by atoms with Crippen LogP contribution in [-0.2, 0) is 19.1 Å². The van der Waals surface area contributed by atoms with Gasteiger partial charge in [0.1, 0.15) is 5.60 Å². The van der Waals surface area contributed by atoms with E-state index < -0.39 is 5.60 Å². The molecular weight excluding hydrogens is 260 g/mol. The number of amides is 2. The summed E-state index contributed by atoms with van der Waals surface area (Å²) in [5.74, 6) is -0.143. The average molecular weight is 284 g/mol. The molecule has 2 aliphatic rings. The lowest BCUT2D eigenvalue weighted by Gasteiger charge is -2.48. The van der Waals surface area contributed by atoms with E-state index >= 15 is 0 Å². The van der Waals surface area contributed by atoms with Gasteiger partial charge in [0.15, 0.2) is 0 Å². The smallest absolute Gasteiger partial charge is 0.242 e. The summed E-state index contributed by atoms with van der Waals surface area (Å²) < 4.78 is 11.6. The van der Waals surface area contributed by atoms with E-state index in [1.807, 2.05) is 13.8 Å². The Balaban J connectivity index is 2.07. The minimum Gasteiger partial charge on any atom is -0.378 e. The van der Waals surface area contributed by atoms with Gasteiger partial charge in [0.05, 0.1) is 25.3 Å². The first-order valence-electron chi connectivity index (χ1n) is 7.00. The number of carbonyl (C=O) groups is 2. The summed E-state index contributed by atoms with van der Waals surface area (Å²) in [6.07, 6.45) is 0.808. The van der Waals surface area contributed by atoms with Gasteiger partial charge in [-0.3, -0.25) is 9.59 Å². The maximum atomic E-state index is 12.4. The van der Waals surface area contributed by atoms with E-state index in [1.165, 1.54) is 11.8 Å². The predicted octanol–water partition coefficient (Wildman–Crippen LogP) is 0.261. The molecule has 0 saturated carbocycles. The van der Waals surface area contributed by atoms with Gasteiger partial charge in [-0.15, -0.1) is 0 Å². The van der Waals surface area contributed by atoms with E-state index in [1.54, 1.807) is 11.9 Å². The fourth-order valence-electron chi connectivity index (χ4n) is 2.90. The van der Waals surface area contributed by atoms with E-state index in [9.17, 15) is 9.59 Å². The first kappa shape index (κ1) is 15.3. The third kappa shape index (κ3) is 3.30.